The van der Waals surface area contributed by atoms with Gasteiger partial charge in [0.25, 0.3) is 11.1 Å². The molecule has 0 amide bonds. The highest BCUT2D eigenvalue weighted by Gasteiger charge is 2.72. The first-order valence-electron chi connectivity index (χ1n) is 7.41. The molecule has 1 aliphatic heterocycles. The van der Waals surface area contributed by atoms with Crippen LogP contribution in [0.15, 0.2) is 42.5 Å². The molecular weight excluding hydrogens is 316 g/mol. The number of hydrogen-bond donors (Lipinski definition) is 0. The lowest BCUT2D eigenvalue weighted by Crippen LogP contribution is -2.52. The SMILES string of the molecule is O=[N+]([O-])OC12c3ccccc3-c3cccc(c31)C1OC1C2[N+](=O)[O-]. The Balaban J connectivity index is 1.92. The van der Waals surface area contributed by atoms with E-state index in [0.717, 1.165) is 16.7 Å². The predicted molar refractivity (Wildman–Crippen MR) is 79.1 cm³/mol. The molecule has 8 heteroatoms. The summed E-state index contributed by atoms with van der Waals surface area (Å²) < 4.78 is 5.51. The maximum atomic E-state index is 11.8. The van der Waals surface area contributed by atoms with Gasteiger partial charge >= 0.3 is 0 Å². The van der Waals surface area contributed by atoms with Crippen LogP contribution in [-0.2, 0) is 15.2 Å². The van der Waals surface area contributed by atoms with Crippen LogP contribution in [0.5, 0.6) is 0 Å². The Labute approximate surface area is 134 Å². The van der Waals surface area contributed by atoms with Crippen LogP contribution in [0.3, 0.4) is 0 Å². The smallest absolute Gasteiger partial charge is 0.296 e. The zero-order chi connectivity index (χ0) is 16.6. The van der Waals surface area contributed by atoms with Crippen molar-refractivity contribution < 1.29 is 19.6 Å². The van der Waals surface area contributed by atoms with E-state index in [1.54, 1.807) is 30.3 Å². The van der Waals surface area contributed by atoms with Gasteiger partial charge in [-0.1, -0.05) is 42.5 Å². The first-order valence-corrected chi connectivity index (χ1v) is 7.41. The summed E-state index contributed by atoms with van der Waals surface area (Å²) in [5.74, 6) is 0. The van der Waals surface area contributed by atoms with Crippen molar-refractivity contribution in [3.8, 4) is 11.1 Å². The Bertz CT molecular complexity index is 929. The molecule has 1 fully saturated rings. The summed E-state index contributed by atoms with van der Waals surface area (Å²) in [5, 5.41) is 22.2. The zero-order valence-electron chi connectivity index (χ0n) is 12.1. The van der Waals surface area contributed by atoms with Crippen LogP contribution in [0.4, 0.5) is 0 Å². The van der Waals surface area contributed by atoms with Gasteiger partial charge in [0.2, 0.25) is 5.60 Å². The van der Waals surface area contributed by atoms with Gasteiger partial charge in [-0.2, -0.15) is 0 Å². The number of fused-ring (bicyclic) bond motifs is 5. The second-order valence-corrected chi connectivity index (χ2v) is 6.12. The lowest BCUT2D eigenvalue weighted by Gasteiger charge is -2.34. The maximum Gasteiger partial charge on any atom is 0.296 e. The van der Waals surface area contributed by atoms with Crippen molar-refractivity contribution in [2.24, 2.45) is 0 Å². The Morgan fingerprint density at radius 1 is 1.04 bits per heavy atom. The van der Waals surface area contributed by atoms with Crippen molar-refractivity contribution in [3.63, 3.8) is 0 Å². The molecule has 0 N–H and O–H groups in total. The Morgan fingerprint density at radius 3 is 2.54 bits per heavy atom. The number of nitro groups is 1. The van der Waals surface area contributed by atoms with Crippen LogP contribution in [-0.4, -0.2) is 22.2 Å². The molecule has 4 unspecified atom stereocenters. The molecule has 24 heavy (non-hydrogen) atoms. The summed E-state index contributed by atoms with van der Waals surface area (Å²) in [6.07, 6.45) is -1.14. The number of benzene rings is 2. The summed E-state index contributed by atoms with van der Waals surface area (Å²) in [7, 11) is 0. The van der Waals surface area contributed by atoms with Crippen molar-refractivity contribution in [2.75, 3.05) is 0 Å². The van der Waals surface area contributed by atoms with Crippen molar-refractivity contribution in [3.05, 3.63) is 79.4 Å². The highest BCUT2D eigenvalue weighted by molar-refractivity contribution is 5.83. The molecule has 4 atom stereocenters. The van der Waals surface area contributed by atoms with E-state index in [1.807, 2.05) is 12.1 Å². The molecule has 3 aliphatic rings. The third kappa shape index (κ3) is 1.37. The van der Waals surface area contributed by atoms with Gasteiger partial charge in [0, 0.05) is 16.1 Å². The van der Waals surface area contributed by atoms with Gasteiger partial charge in [-0.3, -0.25) is 15.0 Å². The molecule has 0 saturated carbocycles. The standard InChI is InChI=1S/C16H10N2O6/c19-17(20)15-14-13(23-14)10-6-3-5-9-8-4-1-2-7-11(8)16(15,12(9)10)24-18(21)22/h1-7,13-15H. The van der Waals surface area contributed by atoms with Gasteiger partial charge in [0.15, 0.2) is 6.10 Å². The molecule has 2 aromatic carbocycles. The van der Waals surface area contributed by atoms with Crippen LogP contribution < -0.4 is 0 Å². The normalized spacial score (nSPS) is 30.8. The molecule has 2 aliphatic carbocycles. The summed E-state index contributed by atoms with van der Waals surface area (Å²) in [4.78, 5) is 27.7. The fourth-order valence-electron chi connectivity index (χ4n) is 4.31. The van der Waals surface area contributed by atoms with Gasteiger partial charge in [0.05, 0.1) is 0 Å². The third-order valence-corrected chi connectivity index (χ3v) is 5.09. The summed E-state index contributed by atoms with van der Waals surface area (Å²) >= 11 is 0. The summed E-state index contributed by atoms with van der Waals surface area (Å²) in [5.41, 5.74) is 1.35. The highest BCUT2D eigenvalue weighted by atomic mass is 17.0. The van der Waals surface area contributed by atoms with Gasteiger partial charge in [0.1, 0.15) is 6.10 Å². The van der Waals surface area contributed by atoms with Crippen molar-refractivity contribution in [1.82, 2.24) is 0 Å². The minimum absolute atomic E-state index is 0.409. The molecule has 0 radical (unpaired) electrons. The number of rotatable bonds is 3. The quantitative estimate of drug-likeness (QED) is 0.486. The van der Waals surface area contributed by atoms with E-state index in [9.17, 15) is 20.2 Å². The van der Waals surface area contributed by atoms with Gasteiger partial charge in [-0.25, -0.2) is 0 Å². The lowest BCUT2D eigenvalue weighted by atomic mass is 9.74. The number of nitrogens with zero attached hydrogens (tertiary/aromatic N) is 2. The summed E-state index contributed by atoms with van der Waals surface area (Å²) in [6.45, 7) is 0. The van der Waals surface area contributed by atoms with Crippen molar-refractivity contribution in [1.29, 1.82) is 0 Å². The monoisotopic (exact) mass is 326 g/mol. The largest absolute Gasteiger partial charge is 0.357 e. The van der Waals surface area contributed by atoms with E-state index < -0.39 is 33.9 Å². The van der Waals surface area contributed by atoms with Crippen LogP contribution in [0.1, 0.15) is 22.8 Å². The first-order chi connectivity index (χ1) is 11.6. The Hall–Kier alpha value is -3.00. The fraction of sp³-hybridized carbons (Fsp3) is 0.250. The molecular formula is C16H10N2O6. The fourth-order valence-corrected chi connectivity index (χ4v) is 4.31. The van der Waals surface area contributed by atoms with Crippen LogP contribution >= 0.6 is 0 Å². The van der Waals surface area contributed by atoms with E-state index >= 15 is 0 Å². The van der Waals surface area contributed by atoms with Crippen molar-refractivity contribution in [2.45, 2.75) is 23.9 Å². The lowest BCUT2D eigenvalue weighted by molar-refractivity contribution is -0.793. The maximum absolute atomic E-state index is 11.8. The van der Waals surface area contributed by atoms with Gasteiger partial charge in [-0.05, 0) is 16.7 Å². The van der Waals surface area contributed by atoms with Crippen LogP contribution in [0.25, 0.3) is 11.1 Å². The zero-order valence-corrected chi connectivity index (χ0v) is 12.1. The number of hydrogen-bond acceptors (Lipinski definition) is 6. The van der Waals surface area contributed by atoms with E-state index in [0.29, 0.717) is 11.1 Å². The highest BCUT2D eigenvalue weighted by Crippen LogP contribution is 2.63. The molecule has 120 valence electrons. The molecule has 1 heterocycles. The Morgan fingerprint density at radius 2 is 1.79 bits per heavy atom. The molecule has 5 rings (SSSR count). The topological polar surface area (TPSA) is 108 Å². The van der Waals surface area contributed by atoms with Crippen LogP contribution in [0.2, 0.25) is 0 Å². The van der Waals surface area contributed by atoms with E-state index in [1.165, 1.54) is 0 Å². The first kappa shape index (κ1) is 13.4. The second-order valence-electron chi connectivity index (χ2n) is 6.12. The molecule has 0 spiro atoms. The molecule has 0 bridgehead atoms. The minimum Gasteiger partial charge on any atom is -0.357 e. The van der Waals surface area contributed by atoms with Crippen LogP contribution in [0, 0.1) is 20.2 Å². The van der Waals surface area contributed by atoms with E-state index in [4.69, 9.17) is 9.57 Å². The van der Waals surface area contributed by atoms with Gasteiger partial charge in [-0.15, -0.1) is 10.1 Å². The van der Waals surface area contributed by atoms with Crippen molar-refractivity contribution >= 4 is 0 Å². The molecule has 2 aromatic rings. The number of ether oxygens (including phenoxy) is 1. The molecule has 0 aromatic heterocycles. The second kappa shape index (κ2) is 4.09. The predicted octanol–water partition coefficient (Wildman–Crippen LogP) is 2.22. The molecule has 1 saturated heterocycles. The van der Waals surface area contributed by atoms with E-state index in [-0.39, 0.29) is 0 Å². The minimum atomic E-state index is -1.77. The third-order valence-electron chi connectivity index (χ3n) is 5.09. The summed E-state index contributed by atoms with van der Waals surface area (Å²) in [6, 6.07) is 11.0. The van der Waals surface area contributed by atoms with E-state index in [2.05, 4.69) is 0 Å². The number of epoxide rings is 1. The average molecular weight is 326 g/mol. The Kier molecular flexibility index (Phi) is 2.29. The van der Waals surface area contributed by atoms with Gasteiger partial charge < -0.3 is 4.74 Å². The molecule has 8 nitrogen and oxygen atoms in total. The average Bonchev–Trinajstić information content (AvgIpc) is 3.28.